The summed E-state index contributed by atoms with van der Waals surface area (Å²) < 4.78 is 0. The summed E-state index contributed by atoms with van der Waals surface area (Å²) in [6, 6.07) is 9.04. The van der Waals surface area contributed by atoms with Gasteiger partial charge < -0.3 is 10.6 Å². The van der Waals surface area contributed by atoms with Crippen LogP contribution in [0.4, 0.5) is 0 Å². The summed E-state index contributed by atoms with van der Waals surface area (Å²) in [5, 5.41) is 6.98. The zero-order chi connectivity index (χ0) is 14.5. The van der Waals surface area contributed by atoms with Gasteiger partial charge in [0.25, 0.3) is 5.91 Å². The van der Waals surface area contributed by atoms with Gasteiger partial charge in [0.1, 0.15) is 10.8 Å². The van der Waals surface area contributed by atoms with Crippen molar-refractivity contribution < 1.29 is 9.59 Å². The molecule has 1 aromatic heterocycles. The Labute approximate surface area is 121 Å². The van der Waals surface area contributed by atoms with E-state index < -0.39 is 5.91 Å². The SMILES string of the molecule is CCNC(=O)CNC(=O)c1cc2ccccc2c(Cl)n1. The number of carbonyl (C=O) groups excluding carboxylic acids is 2. The van der Waals surface area contributed by atoms with Crippen LogP contribution in [0, 0.1) is 0 Å². The molecule has 0 aliphatic rings. The van der Waals surface area contributed by atoms with E-state index in [4.69, 9.17) is 11.6 Å². The quantitative estimate of drug-likeness (QED) is 0.843. The van der Waals surface area contributed by atoms with Crippen molar-refractivity contribution in [1.29, 1.82) is 0 Å². The number of pyridine rings is 1. The molecule has 2 amide bonds. The molecular formula is C14H14ClN3O2. The third-order valence-corrected chi connectivity index (χ3v) is 3.00. The zero-order valence-corrected chi connectivity index (χ0v) is 11.7. The molecule has 0 bridgehead atoms. The van der Waals surface area contributed by atoms with Gasteiger partial charge in [0.15, 0.2) is 0 Å². The van der Waals surface area contributed by atoms with Gasteiger partial charge in [-0.15, -0.1) is 0 Å². The normalized spacial score (nSPS) is 10.3. The molecule has 0 fully saturated rings. The van der Waals surface area contributed by atoms with E-state index in [1.165, 1.54) is 0 Å². The van der Waals surface area contributed by atoms with Crippen molar-refractivity contribution in [3.05, 3.63) is 41.2 Å². The number of nitrogens with zero attached hydrogens (tertiary/aromatic N) is 1. The maximum absolute atomic E-state index is 11.9. The Balaban J connectivity index is 2.16. The standard InChI is InChI=1S/C14H14ClN3O2/c1-2-16-12(19)8-17-14(20)11-7-9-5-3-4-6-10(9)13(15)18-11/h3-7H,2,8H2,1H3,(H,16,19)(H,17,20). The Morgan fingerprint density at radius 1 is 1.25 bits per heavy atom. The molecule has 0 spiro atoms. The van der Waals surface area contributed by atoms with Gasteiger partial charge in [-0.3, -0.25) is 9.59 Å². The Morgan fingerprint density at radius 2 is 2.00 bits per heavy atom. The van der Waals surface area contributed by atoms with Crippen molar-refractivity contribution in [1.82, 2.24) is 15.6 Å². The first-order valence-electron chi connectivity index (χ1n) is 6.22. The maximum Gasteiger partial charge on any atom is 0.270 e. The molecule has 0 saturated heterocycles. The van der Waals surface area contributed by atoms with E-state index >= 15 is 0 Å². The van der Waals surface area contributed by atoms with Crippen LogP contribution in [0.3, 0.4) is 0 Å². The second kappa shape index (κ2) is 6.34. The smallest absolute Gasteiger partial charge is 0.270 e. The van der Waals surface area contributed by atoms with E-state index in [1.54, 1.807) is 6.07 Å². The van der Waals surface area contributed by atoms with Crippen LogP contribution in [-0.4, -0.2) is 29.9 Å². The minimum absolute atomic E-state index is 0.0845. The van der Waals surface area contributed by atoms with Crippen LogP contribution in [0.25, 0.3) is 10.8 Å². The topological polar surface area (TPSA) is 71.1 Å². The van der Waals surface area contributed by atoms with E-state index in [2.05, 4.69) is 15.6 Å². The Bertz CT molecular complexity index is 658. The van der Waals surface area contributed by atoms with Crippen LogP contribution in [0.15, 0.2) is 30.3 Å². The van der Waals surface area contributed by atoms with Gasteiger partial charge >= 0.3 is 0 Å². The summed E-state index contributed by atoms with van der Waals surface area (Å²) in [6.45, 7) is 2.25. The van der Waals surface area contributed by atoms with Crippen molar-refractivity contribution in [3.8, 4) is 0 Å². The molecule has 1 heterocycles. The van der Waals surface area contributed by atoms with Crippen molar-refractivity contribution >= 4 is 34.2 Å². The molecule has 0 aliphatic carbocycles. The van der Waals surface area contributed by atoms with E-state index in [0.717, 1.165) is 10.8 Å². The molecule has 20 heavy (non-hydrogen) atoms. The number of amides is 2. The van der Waals surface area contributed by atoms with Gasteiger partial charge in [0.2, 0.25) is 5.91 Å². The number of hydrogen-bond donors (Lipinski definition) is 2. The highest BCUT2D eigenvalue weighted by Crippen LogP contribution is 2.22. The predicted molar refractivity (Wildman–Crippen MR) is 77.8 cm³/mol. The number of fused-ring (bicyclic) bond motifs is 1. The molecule has 2 aromatic rings. The van der Waals surface area contributed by atoms with Crippen LogP contribution in [-0.2, 0) is 4.79 Å². The van der Waals surface area contributed by atoms with E-state index in [9.17, 15) is 9.59 Å². The molecule has 5 nitrogen and oxygen atoms in total. The highest BCUT2D eigenvalue weighted by Gasteiger charge is 2.12. The lowest BCUT2D eigenvalue weighted by Gasteiger charge is -2.07. The van der Waals surface area contributed by atoms with Gasteiger partial charge in [0, 0.05) is 11.9 Å². The highest BCUT2D eigenvalue weighted by atomic mass is 35.5. The minimum Gasteiger partial charge on any atom is -0.355 e. The zero-order valence-electron chi connectivity index (χ0n) is 10.9. The van der Waals surface area contributed by atoms with Crippen molar-refractivity contribution in [3.63, 3.8) is 0 Å². The van der Waals surface area contributed by atoms with Gasteiger partial charge in [-0.25, -0.2) is 4.98 Å². The first-order chi connectivity index (χ1) is 9.61. The summed E-state index contributed by atoms with van der Waals surface area (Å²) in [5.74, 6) is -0.670. The summed E-state index contributed by atoms with van der Waals surface area (Å²) in [7, 11) is 0. The summed E-state index contributed by atoms with van der Waals surface area (Å²) in [4.78, 5) is 27.3. The fourth-order valence-corrected chi connectivity index (χ4v) is 2.05. The van der Waals surface area contributed by atoms with Gasteiger partial charge in [-0.1, -0.05) is 35.9 Å². The number of rotatable bonds is 4. The van der Waals surface area contributed by atoms with Crippen LogP contribution in [0.2, 0.25) is 5.15 Å². The molecule has 0 saturated carbocycles. The number of hydrogen-bond acceptors (Lipinski definition) is 3. The lowest BCUT2D eigenvalue weighted by molar-refractivity contribution is -0.120. The van der Waals surface area contributed by atoms with Crippen LogP contribution in [0.5, 0.6) is 0 Å². The number of halogens is 1. The maximum atomic E-state index is 11.9. The fraction of sp³-hybridized carbons (Fsp3) is 0.214. The average molecular weight is 292 g/mol. The van der Waals surface area contributed by atoms with E-state index in [0.29, 0.717) is 6.54 Å². The Hall–Kier alpha value is -2.14. The van der Waals surface area contributed by atoms with Gasteiger partial charge in [0.05, 0.1) is 6.54 Å². The largest absolute Gasteiger partial charge is 0.355 e. The second-order valence-electron chi connectivity index (χ2n) is 4.16. The van der Waals surface area contributed by atoms with Crippen LogP contribution in [0.1, 0.15) is 17.4 Å². The highest BCUT2D eigenvalue weighted by molar-refractivity contribution is 6.34. The summed E-state index contributed by atoms with van der Waals surface area (Å²) in [5.41, 5.74) is 0.193. The molecule has 0 aliphatic heterocycles. The molecule has 104 valence electrons. The number of aromatic nitrogens is 1. The summed E-state index contributed by atoms with van der Waals surface area (Å²) >= 11 is 6.05. The monoisotopic (exact) mass is 291 g/mol. The molecule has 0 unspecified atom stereocenters. The third kappa shape index (κ3) is 3.24. The van der Waals surface area contributed by atoms with Gasteiger partial charge in [-0.2, -0.15) is 0 Å². The minimum atomic E-state index is -0.427. The predicted octanol–water partition coefficient (Wildman–Crippen LogP) is 1.75. The van der Waals surface area contributed by atoms with Crippen molar-refractivity contribution in [2.24, 2.45) is 0 Å². The van der Waals surface area contributed by atoms with Crippen molar-refractivity contribution in [2.75, 3.05) is 13.1 Å². The summed E-state index contributed by atoms with van der Waals surface area (Å²) in [6.07, 6.45) is 0. The van der Waals surface area contributed by atoms with E-state index in [1.807, 2.05) is 31.2 Å². The first kappa shape index (κ1) is 14.3. The number of carbonyl (C=O) groups is 2. The molecule has 0 radical (unpaired) electrons. The lowest BCUT2D eigenvalue weighted by atomic mass is 10.1. The van der Waals surface area contributed by atoms with E-state index in [-0.39, 0.29) is 23.3 Å². The Kier molecular flexibility index (Phi) is 4.53. The Morgan fingerprint density at radius 3 is 2.75 bits per heavy atom. The lowest BCUT2D eigenvalue weighted by Crippen LogP contribution is -2.37. The first-order valence-corrected chi connectivity index (χ1v) is 6.59. The molecule has 6 heteroatoms. The van der Waals surface area contributed by atoms with Gasteiger partial charge in [-0.05, 0) is 18.4 Å². The third-order valence-electron chi connectivity index (χ3n) is 2.71. The average Bonchev–Trinajstić information content (AvgIpc) is 2.45. The molecular weight excluding hydrogens is 278 g/mol. The molecule has 0 atom stereocenters. The second-order valence-corrected chi connectivity index (χ2v) is 4.51. The van der Waals surface area contributed by atoms with Crippen LogP contribution < -0.4 is 10.6 Å². The molecule has 2 rings (SSSR count). The van der Waals surface area contributed by atoms with Crippen LogP contribution >= 0.6 is 11.6 Å². The number of nitrogens with one attached hydrogen (secondary N) is 2. The van der Waals surface area contributed by atoms with Crippen molar-refractivity contribution in [2.45, 2.75) is 6.92 Å². The molecule has 1 aromatic carbocycles. The number of benzene rings is 1. The molecule has 2 N–H and O–H groups in total. The number of likely N-dealkylation sites (N-methyl/N-ethyl adjacent to an activating group) is 1. The fourth-order valence-electron chi connectivity index (χ4n) is 1.78.